The third kappa shape index (κ3) is 4.43. The zero-order valence-corrected chi connectivity index (χ0v) is 16.0. The number of nitrogens with one attached hydrogen (secondary N) is 1. The molecule has 3 rings (SSSR count). The van der Waals surface area contributed by atoms with Crippen molar-refractivity contribution in [3.63, 3.8) is 0 Å². The molecule has 134 valence electrons. The fraction of sp³-hybridized carbons (Fsp3) is 0.533. The molecule has 2 aromatic heterocycles. The first-order chi connectivity index (χ1) is 12.1. The Labute approximate surface area is 159 Å². The highest BCUT2D eigenvalue weighted by Crippen LogP contribution is 2.31. The standard InChI is InChI=1S/C15H18Cl2N6OS/c1-9-11(16)7-18-14(13(9)17)19-12(24)8-25-15-20-21-22-23(15)10-5-3-2-4-6-10/h7,10H,2-6,8H2,1H3,(H,18,19,24). The van der Waals surface area contributed by atoms with Crippen molar-refractivity contribution >= 4 is 46.7 Å². The van der Waals surface area contributed by atoms with Crippen molar-refractivity contribution in [2.45, 2.75) is 50.2 Å². The van der Waals surface area contributed by atoms with Crippen LogP contribution in [-0.4, -0.2) is 36.9 Å². The highest BCUT2D eigenvalue weighted by molar-refractivity contribution is 7.99. The van der Waals surface area contributed by atoms with Crippen LogP contribution in [0.15, 0.2) is 11.4 Å². The zero-order chi connectivity index (χ0) is 17.8. The molecule has 1 fully saturated rings. The average molecular weight is 401 g/mol. The molecule has 0 unspecified atom stereocenters. The number of aromatic nitrogens is 5. The SMILES string of the molecule is Cc1c(Cl)cnc(NC(=O)CSc2nnnn2C2CCCCC2)c1Cl. The molecule has 1 amide bonds. The van der Waals surface area contributed by atoms with Crippen LogP contribution in [0.3, 0.4) is 0 Å². The number of hydrogen-bond donors (Lipinski definition) is 1. The number of amides is 1. The summed E-state index contributed by atoms with van der Waals surface area (Å²) in [6.45, 7) is 1.77. The topological polar surface area (TPSA) is 85.6 Å². The molecule has 0 aliphatic heterocycles. The Morgan fingerprint density at radius 2 is 2.12 bits per heavy atom. The second-order valence-electron chi connectivity index (χ2n) is 5.93. The highest BCUT2D eigenvalue weighted by Gasteiger charge is 2.21. The fourth-order valence-electron chi connectivity index (χ4n) is 2.78. The van der Waals surface area contributed by atoms with Gasteiger partial charge in [0.05, 0.1) is 21.8 Å². The van der Waals surface area contributed by atoms with Crippen molar-refractivity contribution in [2.75, 3.05) is 11.1 Å². The van der Waals surface area contributed by atoms with Gasteiger partial charge in [0, 0.05) is 6.20 Å². The van der Waals surface area contributed by atoms with E-state index in [0.717, 1.165) is 12.8 Å². The van der Waals surface area contributed by atoms with Crippen LogP contribution in [-0.2, 0) is 4.79 Å². The van der Waals surface area contributed by atoms with E-state index < -0.39 is 0 Å². The molecule has 1 aliphatic carbocycles. The number of carbonyl (C=O) groups excluding carboxylic acids is 1. The van der Waals surface area contributed by atoms with E-state index in [1.807, 2.05) is 4.68 Å². The Bertz CT molecular complexity index is 762. The summed E-state index contributed by atoms with van der Waals surface area (Å²) in [6, 6.07) is 0.323. The lowest BCUT2D eigenvalue weighted by Gasteiger charge is -2.21. The minimum Gasteiger partial charge on any atom is -0.309 e. The van der Waals surface area contributed by atoms with Crippen LogP contribution in [0.2, 0.25) is 10.0 Å². The molecule has 1 saturated carbocycles. The van der Waals surface area contributed by atoms with E-state index in [1.165, 1.54) is 37.2 Å². The lowest BCUT2D eigenvalue weighted by molar-refractivity contribution is -0.113. The first-order valence-electron chi connectivity index (χ1n) is 8.07. The third-order valence-electron chi connectivity index (χ3n) is 4.18. The molecule has 0 radical (unpaired) electrons. The Balaban J connectivity index is 1.60. The molecule has 7 nitrogen and oxygen atoms in total. The molecular weight excluding hydrogens is 383 g/mol. The Hall–Kier alpha value is -1.38. The summed E-state index contributed by atoms with van der Waals surface area (Å²) in [5, 5.41) is 16.1. The molecule has 0 spiro atoms. The van der Waals surface area contributed by atoms with E-state index in [4.69, 9.17) is 23.2 Å². The van der Waals surface area contributed by atoms with Crippen LogP contribution in [0.25, 0.3) is 0 Å². The minimum absolute atomic E-state index is 0.173. The van der Waals surface area contributed by atoms with Crippen LogP contribution in [0, 0.1) is 6.92 Å². The van der Waals surface area contributed by atoms with Gasteiger partial charge in [-0.05, 0) is 35.8 Å². The van der Waals surface area contributed by atoms with Gasteiger partial charge >= 0.3 is 0 Å². The van der Waals surface area contributed by atoms with Crippen LogP contribution in [0.1, 0.15) is 43.7 Å². The molecule has 10 heteroatoms. The molecule has 0 aromatic carbocycles. The minimum atomic E-state index is -0.223. The van der Waals surface area contributed by atoms with Gasteiger partial charge in [0.25, 0.3) is 0 Å². The zero-order valence-electron chi connectivity index (χ0n) is 13.7. The predicted molar refractivity (Wildman–Crippen MR) is 98.3 cm³/mol. The van der Waals surface area contributed by atoms with Gasteiger partial charge in [-0.15, -0.1) is 5.10 Å². The maximum atomic E-state index is 12.2. The van der Waals surface area contributed by atoms with Crippen LogP contribution >= 0.6 is 35.0 Å². The third-order valence-corrected chi connectivity index (χ3v) is 5.95. The van der Waals surface area contributed by atoms with E-state index in [0.29, 0.717) is 32.6 Å². The number of anilines is 1. The summed E-state index contributed by atoms with van der Waals surface area (Å²) in [6.07, 6.45) is 7.26. The maximum absolute atomic E-state index is 12.2. The second-order valence-corrected chi connectivity index (χ2v) is 7.66. The highest BCUT2D eigenvalue weighted by atomic mass is 35.5. The second kappa shape index (κ2) is 8.33. The van der Waals surface area contributed by atoms with Gasteiger partial charge in [-0.1, -0.05) is 54.2 Å². The lowest BCUT2D eigenvalue weighted by Crippen LogP contribution is -2.18. The molecule has 0 saturated heterocycles. The summed E-state index contributed by atoms with van der Waals surface area (Å²) in [7, 11) is 0. The maximum Gasteiger partial charge on any atom is 0.236 e. The van der Waals surface area contributed by atoms with Crippen molar-refractivity contribution in [3.05, 3.63) is 21.8 Å². The molecule has 25 heavy (non-hydrogen) atoms. The summed E-state index contributed by atoms with van der Waals surface area (Å²) >= 11 is 13.4. The van der Waals surface area contributed by atoms with E-state index in [2.05, 4.69) is 25.8 Å². The van der Waals surface area contributed by atoms with Gasteiger partial charge in [-0.2, -0.15) is 0 Å². The van der Waals surface area contributed by atoms with Gasteiger partial charge < -0.3 is 5.32 Å². The Morgan fingerprint density at radius 1 is 1.36 bits per heavy atom. The lowest BCUT2D eigenvalue weighted by atomic mass is 9.96. The Morgan fingerprint density at radius 3 is 2.88 bits per heavy atom. The van der Waals surface area contributed by atoms with Gasteiger partial charge in [-0.3, -0.25) is 4.79 Å². The molecule has 0 atom stereocenters. The number of halogens is 2. The van der Waals surface area contributed by atoms with Crippen LogP contribution in [0.5, 0.6) is 0 Å². The number of nitrogens with zero attached hydrogens (tertiary/aromatic N) is 5. The summed E-state index contributed by atoms with van der Waals surface area (Å²) in [4.78, 5) is 16.3. The van der Waals surface area contributed by atoms with Gasteiger partial charge in [0.15, 0.2) is 5.82 Å². The number of tetrazole rings is 1. The molecular formula is C15H18Cl2N6OS. The Kier molecular flexibility index (Phi) is 6.14. The molecule has 1 N–H and O–H groups in total. The number of rotatable bonds is 5. The number of thioether (sulfide) groups is 1. The molecule has 0 bridgehead atoms. The summed E-state index contributed by atoms with van der Waals surface area (Å²) in [5.74, 6) is 0.257. The first-order valence-corrected chi connectivity index (χ1v) is 9.81. The van der Waals surface area contributed by atoms with Gasteiger partial charge in [0.1, 0.15) is 0 Å². The predicted octanol–water partition coefficient (Wildman–Crippen LogP) is 3.92. The van der Waals surface area contributed by atoms with Crippen LogP contribution in [0.4, 0.5) is 5.82 Å². The monoisotopic (exact) mass is 400 g/mol. The van der Waals surface area contributed by atoms with Crippen molar-refractivity contribution in [1.29, 1.82) is 0 Å². The van der Waals surface area contributed by atoms with Crippen LogP contribution < -0.4 is 5.32 Å². The van der Waals surface area contributed by atoms with E-state index >= 15 is 0 Å². The fourth-order valence-corrected chi connectivity index (χ4v) is 3.91. The molecule has 2 aromatic rings. The quantitative estimate of drug-likeness (QED) is 0.765. The number of pyridine rings is 1. The summed E-state index contributed by atoms with van der Waals surface area (Å²) < 4.78 is 1.84. The largest absolute Gasteiger partial charge is 0.309 e. The average Bonchev–Trinajstić information content (AvgIpc) is 3.10. The molecule has 2 heterocycles. The molecule has 1 aliphatic rings. The van der Waals surface area contributed by atoms with Crippen molar-refractivity contribution in [2.24, 2.45) is 0 Å². The number of carbonyl (C=O) groups is 1. The van der Waals surface area contributed by atoms with E-state index in [-0.39, 0.29) is 11.7 Å². The smallest absolute Gasteiger partial charge is 0.236 e. The van der Waals surface area contributed by atoms with Gasteiger partial charge in [-0.25, -0.2) is 9.67 Å². The van der Waals surface area contributed by atoms with Crippen molar-refractivity contribution in [1.82, 2.24) is 25.2 Å². The normalized spacial score (nSPS) is 15.3. The van der Waals surface area contributed by atoms with E-state index in [1.54, 1.807) is 6.92 Å². The van der Waals surface area contributed by atoms with Gasteiger partial charge in [0.2, 0.25) is 11.1 Å². The summed E-state index contributed by atoms with van der Waals surface area (Å²) in [5.41, 5.74) is 0.683. The first kappa shape index (κ1) is 18.4. The van der Waals surface area contributed by atoms with Crippen molar-refractivity contribution in [3.8, 4) is 0 Å². The number of hydrogen-bond acceptors (Lipinski definition) is 6. The van der Waals surface area contributed by atoms with Crippen molar-refractivity contribution < 1.29 is 4.79 Å². The van der Waals surface area contributed by atoms with E-state index in [9.17, 15) is 4.79 Å².